The Labute approximate surface area is 112 Å². The number of ether oxygens (including phenoxy) is 1. The number of carbonyl (C=O) groups is 1. The number of carbonyl (C=O) groups excluding carboxylic acids is 1. The standard InChI is InChI=1S/C13H15NO4S/c1-18-13(15)14-7-6-11(9-14)10-4-3-5-12(8-10)19(2,16)17/h3-8,11H,9H2,1-2H3. The number of sulfone groups is 1. The average molecular weight is 281 g/mol. The Hall–Kier alpha value is -1.82. The molecule has 0 N–H and O–H groups in total. The second-order valence-corrected chi connectivity index (χ2v) is 6.43. The highest BCUT2D eigenvalue weighted by Gasteiger charge is 2.23. The van der Waals surface area contributed by atoms with Crippen molar-refractivity contribution in [3.05, 3.63) is 42.1 Å². The molecular weight excluding hydrogens is 266 g/mol. The third-order valence-corrected chi connectivity index (χ3v) is 4.13. The fourth-order valence-corrected chi connectivity index (χ4v) is 2.66. The number of benzene rings is 1. The monoisotopic (exact) mass is 281 g/mol. The van der Waals surface area contributed by atoms with Gasteiger partial charge in [0.25, 0.3) is 0 Å². The molecule has 1 amide bonds. The molecule has 1 unspecified atom stereocenters. The lowest BCUT2D eigenvalue weighted by atomic mass is 10.0. The van der Waals surface area contributed by atoms with E-state index in [1.165, 1.54) is 18.3 Å². The molecule has 0 saturated heterocycles. The summed E-state index contributed by atoms with van der Waals surface area (Å²) < 4.78 is 27.7. The Morgan fingerprint density at radius 3 is 2.79 bits per heavy atom. The molecule has 1 aromatic carbocycles. The molecule has 0 radical (unpaired) electrons. The Morgan fingerprint density at radius 1 is 1.42 bits per heavy atom. The normalized spacial score (nSPS) is 18.6. The summed E-state index contributed by atoms with van der Waals surface area (Å²) in [7, 11) is -1.89. The van der Waals surface area contributed by atoms with Gasteiger partial charge in [0, 0.05) is 24.9 Å². The summed E-state index contributed by atoms with van der Waals surface area (Å²) in [5.74, 6) is -0.0131. The van der Waals surface area contributed by atoms with Gasteiger partial charge in [-0.25, -0.2) is 13.2 Å². The van der Waals surface area contributed by atoms with Crippen LogP contribution in [0.5, 0.6) is 0 Å². The first kappa shape index (κ1) is 13.6. The quantitative estimate of drug-likeness (QED) is 0.828. The number of methoxy groups -OCH3 is 1. The molecule has 1 aromatic rings. The second-order valence-electron chi connectivity index (χ2n) is 4.42. The van der Waals surface area contributed by atoms with Crippen LogP contribution in [0.15, 0.2) is 41.4 Å². The van der Waals surface area contributed by atoms with E-state index in [1.807, 2.05) is 12.1 Å². The first-order valence-electron chi connectivity index (χ1n) is 5.75. The third-order valence-electron chi connectivity index (χ3n) is 3.02. The number of hydrogen-bond donors (Lipinski definition) is 0. The fraction of sp³-hybridized carbons (Fsp3) is 0.308. The van der Waals surface area contributed by atoms with Gasteiger partial charge >= 0.3 is 6.09 Å². The van der Waals surface area contributed by atoms with E-state index in [-0.39, 0.29) is 10.8 Å². The lowest BCUT2D eigenvalue weighted by molar-refractivity contribution is 0.142. The Kier molecular flexibility index (Phi) is 3.61. The first-order chi connectivity index (χ1) is 8.91. The van der Waals surface area contributed by atoms with Gasteiger partial charge in [0.15, 0.2) is 9.84 Å². The molecule has 0 bridgehead atoms. The molecule has 19 heavy (non-hydrogen) atoms. The van der Waals surface area contributed by atoms with E-state index < -0.39 is 15.9 Å². The van der Waals surface area contributed by atoms with Crippen LogP contribution in [0.3, 0.4) is 0 Å². The van der Waals surface area contributed by atoms with Crippen LogP contribution in [0.4, 0.5) is 4.79 Å². The molecule has 1 atom stereocenters. The van der Waals surface area contributed by atoms with Crippen molar-refractivity contribution in [3.8, 4) is 0 Å². The topological polar surface area (TPSA) is 63.7 Å². The average Bonchev–Trinajstić information content (AvgIpc) is 2.86. The van der Waals surface area contributed by atoms with Crippen molar-refractivity contribution in [1.82, 2.24) is 4.90 Å². The van der Waals surface area contributed by atoms with Gasteiger partial charge in [0.2, 0.25) is 0 Å². The molecule has 102 valence electrons. The summed E-state index contributed by atoms with van der Waals surface area (Å²) in [4.78, 5) is 13.1. The van der Waals surface area contributed by atoms with Crippen LogP contribution < -0.4 is 0 Å². The predicted molar refractivity (Wildman–Crippen MR) is 70.5 cm³/mol. The van der Waals surface area contributed by atoms with Crippen molar-refractivity contribution in [2.24, 2.45) is 0 Å². The Morgan fingerprint density at radius 2 is 2.16 bits per heavy atom. The van der Waals surface area contributed by atoms with Gasteiger partial charge in [-0.3, -0.25) is 4.90 Å². The molecule has 0 aromatic heterocycles. The van der Waals surface area contributed by atoms with Crippen molar-refractivity contribution in [2.45, 2.75) is 10.8 Å². The maximum Gasteiger partial charge on any atom is 0.413 e. The first-order valence-corrected chi connectivity index (χ1v) is 7.64. The van der Waals surface area contributed by atoms with E-state index >= 15 is 0 Å². The number of rotatable bonds is 2. The lowest BCUT2D eigenvalue weighted by Crippen LogP contribution is -2.25. The van der Waals surface area contributed by atoms with Gasteiger partial charge < -0.3 is 4.74 Å². The van der Waals surface area contributed by atoms with Crippen molar-refractivity contribution >= 4 is 15.9 Å². The molecule has 6 heteroatoms. The van der Waals surface area contributed by atoms with E-state index in [0.29, 0.717) is 6.54 Å². The minimum absolute atomic E-state index is 0.0131. The summed E-state index contributed by atoms with van der Waals surface area (Å²) in [5.41, 5.74) is 0.866. The van der Waals surface area contributed by atoms with E-state index in [2.05, 4.69) is 4.74 Å². The second kappa shape index (κ2) is 5.05. The molecule has 2 rings (SSSR count). The van der Waals surface area contributed by atoms with Gasteiger partial charge in [0.05, 0.1) is 12.0 Å². The fourth-order valence-electron chi connectivity index (χ4n) is 1.99. The molecule has 5 nitrogen and oxygen atoms in total. The minimum Gasteiger partial charge on any atom is -0.452 e. The van der Waals surface area contributed by atoms with Crippen molar-refractivity contribution in [1.29, 1.82) is 0 Å². The molecular formula is C13H15NO4S. The highest BCUT2D eigenvalue weighted by molar-refractivity contribution is 7.90. The van der Waals surface area contributed by atoms with Crippen molar-refractivity contribution in [2.75, 3.05) is 19.9 Å². The SMILES string of the molecule is COC(=O)N1C=CC(c2cccc(S(C)(=O)=O)c2)C1. The summed E-state index contributed by atoms with van der Waals surface area (Å²) >= 11 is 0. The van der Waals surface area contributed by atoms with Crippen LogP contribution in [-0.4, -0.2) is 39.3 Å². The van der Waals surface area contributed by atoms with Crippen molar-refractivity contribution < 1.29 is 17.9 Å². The zero-order valence-corrected chi connectivity index (χ0v) is 11.6. The molecule has 1 aliphatic rings. The largest absolute Gasteiger partial charge is 0.452 e. The van der Waals surface area contributed by atoms with Gasteiger partial charge in [0.1, 0.15) is 0 Å². The Balaban J connectivity index is 2.22. The number of amides is 1. The molecule has 1 heterocycles. The summed E-state index contributed by atoms with van der Waals surface area (Å²) in [6, 6.07) is 6.77. The smallest absolute Gasteiger partial charge is 0.413 e. The molecule has 0 saturated carbocycles. The third kappa shape index (κ3) is 2.96. The van der Waals surface area contributed by atoms with E-state index in [1.54, 1.807) is 24.4 Å². The summed E-state index contributed by atoms with van der Waals surface area (Å²) in [6.45, 7) is 0.458. The van der Waals surface area contributed by atoms with Crippen molar-refractivity contribution in [3.63, 3.8) is 0 Å². The van der Waals surface area contributed by atoms with Crippen LogP contribution in [-0.2, 0) is 14.6 Å². The Bertz CT molecular complexity index is 621. The minimum atomic E-state index is -3.22. The van der Waals surface area contributed by atoms with Gasteiger partial charge in [-0.05, 0) is 17.7 Å². The molecule has 0 spiro atoms. The zero-order valence-electron chi connectivity index (χ0n) is 10.7. The van der Waals surface area contributed by atoms with Gasteiger partial charge in [-0.15, -0.1) is 0 Å². The van der Waals surface area contributed by atoms with Gasteiger partial charge in [-0.1, -0.05) is 18.2 Å². The van der Waals surface area contributed by atoms with Crippen LogP contribution >= 0.6 is 0 Å². The van der Waals surface area contributed by atoms with Crippen LogP contribution in [0, 0.1) is 0 Å². The maximum absolute atomic E-state index is 11.5. The summed E-state index contributed by atoms with van der Waals surface area (Å²) in [6.07, 6.45) is 4.28. The lowest BCUT2D eigenvalue weighted by Gasteiger charge is -2.15. The molecule has 0 aliphatic carbocycles. The van der Waals surface area contributed by atoms with Crippen LogP contribution in [0.25, 0.3) is 0 Å². The predicted octanol–water partition coefficient (Wildman–Crippen LogP) is 1.77. The summed E-state index contributed by atoms with van der Waals surface area (Å²) in [5, 5.41) is 0. The van der Waals surface area contributed by atoms with E-state index in [9.17, 15) is 13.2 Å². The van der Waals surface area contributed by atoms with E-state index in [4.69, 9.17) is 0 Å². The maximum atomic E-state index is 11.5. The number of nitrogens with zero attached hydrogens (tertiary/aromatic N) is 1. The zero-order chi connectivity index (χ0) is 14.0. The molecule has 0 fully saturated rings. The van der Waals surface area contributed by atoms with E-state index in [0.717, 1.165) is 5.56 Å². The van der Waals surface area contributed by atoms with Gasteiger partial charge in [-0.2, -0.15) is 0 Å². The van der Waals surface area contributed by atoms with Crippen LogP contribution in [0.1, 0.15) is 11.5 Å². The highest BCUT2D eigenvalue weighted by atomic mass is 32.2. The molecule has 1 aliphatic heterocycles. The van der Waals surface area contributed by atoms with Crippen LogP contribution in [0.2, 0.25) is 0 Å². The number of hydrogen-bond acceptors (Lipinski definition) is 4. The highest BCUT2D eigenvalue weighted by Crippen LogP contribution is 2.26.